The molecule has 0 aromatic heterocycles. The van der Waals surface area contributed by atoms with Crippen LogP contribution in [0.5, 0.6) is 0 Å². The Morgan fingerprint density at radius 3 is 2.27 bits per heavy atom. The number of carbonyl (C=O) groups is 1. The van der Waals surface area contributed by atoms with Gasteiger partial charge in [-0.3, -0.25) is 0 Å². The van der Waals surface area contributed by atoms with Crippen molar-refractivity contribution in [1.82, 2.24) is 0 Å². The lowest BCUT2D eigenvalue weighted by molar-refractivity contribution is -0.280. The van der Waals surface area contributed by atoms with Gasteiger partial charge in [-0.05, 0) is 51.0 Å². The molecule has 7 heteroatoms. The Morgan fingerprint density at radius 1 is 1.15 bits per heavy atom. The van der Waals surface area contributed by atoms with Gasteiger partial charge >= 0.3 is 12.1 Å². The zero-order chi connectivity index (χ0) is 24.9. The number of carbonyl (C=O) groups excluding carboxylic acids is 1. The van der Waals surface area contributed by atoms with Crippen LogP contribution in [0.4, 0.5) is 13.2 Å². The zero-order valence-electron chi connectivity index (χ0n) is 20.3. The molecular weight excluding hydrogens is 433 g/mol. The number of allylic oxidation sites excluding steroid dienone is 1. The van der Waals surface area contributed by atoms with E-state index in [-0.39, 0.29) is 17.4 Å². The Morgan fingerprint density at radius 2 is 1.76 bits per heavy atom. The van der Waals surface area contributed by atoms with Crippen molar-refractivity contribution in [3.63, 3.8) is 0 Å². The fourth-order valence-electron chi connectivity index (χ4n) is 5.97. The van der Waals surface area contributed by atoms with Crippen LogP contribution in [0.3, 0.4) is 0 Å². The number of hydrogen-bond acceptors (Lipinski definition) is 4. The third-order valence-electron chi connectivity index (χ3n) is 7.92. The Bertz CT molecular complexity index is 918. The number of ether oxygens (including phenoxy) is 2. The predicted molar refractivity (Wildman–Crippen MR) is 119 cm³/mol. The van der Waals surface area contributed by atoms with Crippen molar-refractivity contribution in [3.05, 3.63) is 47.0 Å². The number of aliphatic hydroxyl groups is 1. The van der Waals surface area contributed by atoms with Gasteiger partial charge in [-0.2, -0.15) is 13.2 Å². The molecule has 4 nitrogen and oxygen atoms in total. The number of halogens is 3. The molecule has 1 fully saturated rings. The molecule has 1 saturated carbocycles. The SMILES string of the molecule is COC(C(=O)O[C@@H]1C(CC(C)(C)O)=C(C)C[C@@]2(C)CCC[C@]12C)(c1ccccc1)C(F)(F)F. The highest BCUT2D eigenvalue weighted by Crippen LogP contribution is 2.63. The monoisotopic (exact) mass is 468 g/mol. The van der Waals surface area contributed by atoms with E-state index in [9.17, 15) is 23.1 Å². The third-order valence-corrected chi connectivity index (χ3v) is 7.92. The van der Waals surface area contributed by atoms with Crippen LogP contribution in [-0.2, 0) is 19.9 Å². The number of esters is 1. The lowest BCUT2D eigenvalue weighted by Gasteiger charge is -2.52. The summed E-state index contributed by atoms with van der Waals surface area (Å²) in [5.41, 5.74) is -3.78. The fraction of sp³-hybridized carbons (Fsp3) is 0.654. The summed E-state index contributed by atoms with van der Waals surface area (Å²) in [7, 11) is 0.878. The second-order valence-electron chi connectivity index (χ2n) is 10.8. The van der Waals surface area contributed by atoms with Crippen LogP contribution in [0, 0.1) is 10.8 Å². The maximum Gasteiger partial charge on any atom is 0.432 e. The number of alkyl halides is 3. The highest BCUT2D eigenvalue weighted by Gasteiger charge is 2.66. The van der Waals surface area contributed by atoms with E-state index in [2.05, 4.69) is 6.92 Å². The molecule has 3 rings (SSSR count). The van der Waals surface area contributed by atoms with E-state index in [1.807, 2.05) is 13.8 Å². The molecule has 1 unspecified atom stereocenters. The summed E-state index contributed by atoms with van der Waals surface area (Å²) in [6.07, 6.45) is -2.44. The highest BCUT2D eigenvalue weighted by molar-refractivity contribution is 5.83. The molecule has 0 saturated heterocycles. The first-order valence-electron chi connectivity index (χ1n) is 11.4. The molecule has 1 aromatic rings. The van der Waals surface area contributed by atoms with Gasteiger partial charge in [0, 0.05) is 24.5 Å². The van der Waals surface area contributed by atoms with Crippen molar-refractivity contribution in [2.45, 2.75) is 90.2 Å². The molecule has 184 valence electrons. The van der Waals surface area contributed by atoms with Crippen LogP contribution < -0.4 is 0 Å². The molecule has 1 aromatic carbocycles. The molecule has 0 amide bonds. The van der Waals surface area contributed by atoms with Crippen LogP contribution in [0.15, 0.2) is 41.5 Å². The Labute approximate surface area is 194 Å². The standard InChI is InChI=1S/C26H35F3O4/c1-17-15-23(4)13-10-14-24(23,5)20(19(17)16-22(2,3)31)33-21(30)25(32-6,26(27,28)29)18-11-8-7-9-12-18/h7-9,11-12,20,31H,10,13-16H2,1-6H3/t20-,23-,24-,25?/m1/s1. The lowest BCUT2D eigenvalue weighted by atomic mass is 9.56. The maximum atomic E-state index is 14.5. The van der Waals surface area contributed by atoms with Crippen molar-refractivity contribution >= 4 is 5.97 Å². The summed E-state index contributed by atoms with van der Waals surface area (Å²) in [4.78, 5) is 13.5. The molecule has 1 N–H and O–H groups in total. The van der Waals surface area contributed by atoms with Crippen molar-refractivity contribution in [2.75, 3.05) is 7.11 Å². The lowest BCUT2D eigenvalue weighted by Crippen LogP contribution is -2.56. The van der Waals surface area contributed by atoms with Crippen molar-refractivity contribution in [1.29, 1.82) is 0 Å². The first-order chi connectivity index (χ1) is 15.1. The molecule has 33 heavy (non-hydrogen) atoms. The van der Waals surface area contributed by atoms with E-state index in [1.54, 1.807) is 19.9 Å². The summed E-state index contributed by atoms with van der Waals surface area (Å²) < 4.78 is 54.3. The van der Waals surface area contributed by atoms with Crippen LogP contribution in [-0.4, -0.2) is 36.1 Å². The van der Waals surface area contributed by atoms with Crippen LogP contribution in [0.2, 0.25) is 0 Å². The topological polar surface area (TPSA) is 55.8 Å². The van der Waals surface area contributed by atoms with Crippen LogP contribution >= 0.6 is 0 Å². The number of fused-ring (bicyclic) bond motifs is 1. The van der Waals surface area contributed by atoms with Crippen LogP contribution in [0.1, 0.15) is 72.3 Å². The Kier molecular flexibility index (Phi) is 6.57. The summed E-state index contributed by atoms with van der Waals surface area (Å²) in [5, 5.41) is 10.6. The van der Waals surface area contributed by atoms with Gasteiger partial charge in [0.1, 0.15) is 6.10 Å². The van der Waals surface area contributed by atoms with Crippen LogP contribution in [0.25, 0.3) is 0 Å². The zero-order valence-corrected chi connectivity index (χ0v) is 20.3. The molecule has 2 aliphatic carbocycles. The summed E-state index contributed by atoms with van der Waals surface area (Å²) in [6, 6.07) is 6.88. The first-order valence-corrected chi connectivity index (χ1v) is 11.4. The number of methoxy groups -OCH3 is 1. The molecular formula is C26H35F3O4. The third kappa shape index (κ3) is 4.23. The number of rotatable bonds is 6. The van der Waals surface area contributed by atoms with E-state index in [0.29, 0.717) is 5.57 Å². The van der Waals surface area contributed by atoms with Gasteiger partial charge in [0.15, 0.2) is 0 Å². The van der Waals surface area contributed by atoms with Gasteiger partial charge in [0.05, 0.1) is 5.60 Å². The molecule has 0 aliphatic heterocycles. The minimum absolute atomic E-state index is 0.208. The van der Waals surface area contributed by atoms with E-state index in [1.165, 1.54) is 24.3 Å². The summed E-state index contributed by atoms with van der Waals surface area (Å²) >= 11 is 0. The van der Waals surface area contributed by atoms with Gasteiger partial charge in [-0.25, -0.2) is 4.79 Å². The van der Waals surface area contributed by atoms with E-state index in [4.69, 9.17) is 9.47 Å². The average Bonchev–Trinajstić information content (AvgIpc) is 2.99. The van der Waals surface area contributed by atoms with Gasteiger partial charge in [-0.15, -0.1) is 0 Å². The van der Waals surface area contributed by atoms with Gasteiger partial charge in [0.25, 0.3) is 5.60 Å². The largest absolute Gasteiger partial charge is 0.455 e. The Hall–Kier alpha value is -1.86. The fourth-order valence-corrected chi connectivity index (χ4v) is 5.97. The maximum absolute atomic E-state index is 14.5. The number of hydrogen-bond donors (Lipinski definition) is 1. The normalized spacial score (nSPS) is 30.1. The molecule has 2 aliphatic rings. The van der Waals surface area contributed by atoms with E-state index >= 15 is 0 Å². The molecule has 4 atom stereocenters. The van der Waals surface area contributed by atoms with E-state index < -0.39 is 34.9 Å². The quantitative estimate of drug-likeness (QED) is 0.406. The Balaban J connectivity index is 2.13. The predicted octanol–water partition coefficient (Wildman–Crippen LogP) is 6.08. The smallest absolute Gasteiger partial charge is 0.432 e. The minimum Gasteiger partial charge on any atom is -0.455 e. The van der Waals surface area contributed by atoms with Crippen molar-refractivity contribution in [3.8, 4) is 0 Å². The molecule has 0 heterocycles. The molecule has 0 spiro atoms. The number of benzene rings is 1. The van der Waals surface area contributed by atoms with Crippen molar-refractivity contribution in [2.24, 2.45) is 10.8 Å². The van der Waals surface area contributed by atoms with Crippen molar-refractivity contribution < 1.29 is 32.5 Å². The second kappa shape index (κ2) is 8.42. The first kappa shape index (κ1) is 25.8. The second-order valence-corrected chi connectivity index (χ2v) is 10.8. The highest BCUT2D eigenvalue weighted by atomic mass is 19.4. The summed E-state index contributed by atoms with van der Waals surface area (Å²) in [6.45, 7) is 9.34. The van der Waals surface area contributed by atoms with Gasteiger partial charge < -0.3 is 14.6 Å². The average molecular weight is 469 g/mol. The van der Waals surface area contributed by atoms with E-state index in [0.717, 1.165) is 38.4 Å². The van der Waals surface area contributed by atoms with Gasteiger partial charge in [-0.1, -0.05) is 56.2 Å². The molecule has 0 bridgehead atoms. The summed E-state index contributed by atoms with van der Waals surface area (Å²) in [5.74, 6) is -1.48. The molecule has 0 radical (unpaired) electrons. The minimum atomic E-state index is -5.04. The van der Waals surface area contributed by atoms with Gasteiger partial charge in [0.2, 0.25) is 0 Å².